The van der Waals surface area contributed by atoms with Crippen molar-refractivity contribution >= 4 is 0 Å². The van der Waals surface area contributed by atoms with E-state index in [0.717, 1.165) is 31.1 Å². The summed E-state index contributed by atoms with van der Waals surface area (Å²) in [5.74, 6) is 1.87. The zero-order valence-electron chi connectivity index (χ0n) is 14.1. The van der Waals surface area contributed by atoms with E-state index in [-0.39, 0.29) is 5.92 Å². The van der Waals surface area contributed by atoms with Gasteiger partial charge in [-0.1, -0.05) is 56.9 Å². The van der Waals surface area contributed by atoms with Crippen LogP contribution in [0.1, 0.15) is 94.1 Å². The Balaban J connectivity index is 1.60. The lowest BCUT2D eigenvalue weighted by Gasteiger charge is -2.29. The van der Waals surface area contributed by atoms with Crippen molar-refractivity contribution in [2.24, 2.45) is 5.92 Å². The molecule has 3 rings (SSSR count). The molecule has 0 amide bonds. The molecule has 2 aliphatic carbocycles. The number of halogens is 1. The summed E-state index contributed by atoms with van der Waals surface area (Å²) in [6.07, 6.45) is 11.6. The highest BCUT2D eigenvalue weighted by molar-refractivity contribution is 5.29. The zero-order valence-corrected chi connectivity index (χ0v) is 14.1. The molecule has 0 unspecified atom stereocenters. The highest BCUT2D eigenvalue weighted by atomic mass is 19.1. The number of benzene rings is 1. The molecule has 1 heteroatoms. The average Bonchev–Trinajstić information content (AvgIpc) is 2.57. The number of hydrogen-bond donors (Lipinski definition) is 0. The van der Waals surface area contributed by atoms with Crippen LogP contribution in [-0.4, -0.2) is 6.17 Å². The molecule has 2 fully saturated rings. The molecule has 0 saturated heterocycles. The van der Waals surface area contributed by atoms with Crippen LogP contribution in [0.3, 0.4) is 0 Å². The normalized spacial score (nSPS) is 32.8. The molecule has 2 saturated carbocycles. The summed E-state index contributed by atoms with van der Waals surface area (Å²) in [4.78, 5) is 0. The molecule has 22 heavy (non-hydrogen) atoms. The maximum atomic E-state index is 14.1. The number of hydrogen-bond acceptors (Lipinski definition) is 0. The van der Waals surface area contributed by atoms with Crippen LogP contribution in [0.15, 0.2) is 24.3 Å². The Morgan fingerprint density at radius 1 is 0.864 bits per heavy atom. The number of rotatable bonds is 4. The minimum atomic E-state index is -0.621. The van der Waals surface area contributed by atoms with Crippen LogP contribution in [0.2, 0.25) is 0 Å². The van der Waals surface area contributed by atoms with Crippen molar-refractivity contribution in [1.29, 1.82) is 0 Å². The fourth-order valence-corrected chi connectivity index (χ4v) is 4.67. The van der Waals surface area contributed by atoms with Gasteiger partial charge in [0, 0.05) is 5.92 Å². The van der Waals surface area contributed by atoms with E-state index in [0.29, 0.717) is 0 Å². The molecule has 0 aromatic heterocycles. The van der Waals surface area contributed by atoms with Crippen molar-refractivity contribution < 1.29 is 4.39 Å². The highest BCUT2D eigenvalue weighted by Crippen LogP contribution is 2.39. The minimum absolute atomic E-state index is 0.156. The van der Waals surface area contributed by atoms with E-state index in [2.05, 4.69) is 31.2 Å². The summed E-state index contributed by atoms with van der Waals surface area (Å²) in [6.45, 7) is 2.30. The van der Waals surface area contributed by atoms with E-state index in [9.17, 15) is 4.39 Å². The van der Waals surface area contributed by atoms with E-state index in [1.54, 1.807) is 0 Å². The van der Waals surface area contributed by atoms with E-state index < -0.39 is 6.17 Å². The SMILES string of the molecule is CCCC1CCC(c2ccc([C@H]3CCCC[C@H]3F)cc2)CC1. The van der Waals surface area contributed by atoms with Gasteiger partial charge < -0.3 is 0 Å². The van der Waals surface area contributed by atoms with Crippen molar-refractivity contribution in [3.63, 3.8) is 0 Å². The first-order chi connectivity index (χ1) is 10.8. The lowest BCUT2D eigenvalue weighted by Crippen LogP contribution is -2.18. The molecule has 2 aliphatic rings. The minimum Gasteiger partial charge on any atom is -0.247 e. The van der Waals surface area contributed by atoms with Gasteiger partial charge in [0.1, 0.15) is 6.17 Å². The van der Waals surface area contributed by atoms with Crippen molar-refractivity contribution in [3.05, 3.63) is 35.4 Å². The largest absolute Gasteiger partial charge is 0.247 e. The van der Waals surface area contributed by atoms with Gasteiger partial charge in [0.05, 0.1) is 0 Å². The van der Waals surface area contributed by atoms with Gasteiger partial charge in [-0.15, -0.1) is 0 Å². The van der Waals surface area contributed by atoms with Crippen molar-refractivity contribution in [2.45, 2.75) is 89.1 Å². The van der Waals surface area contributed by atoms with E-state index in [1.165, 1.54) is 56.1 Å². The summed E-state index contributed by atoms with van der Waals surface area (Å²) >= 11 is 0. The van der Waals surface area contributed by atoms with Gasteiger partial charge in [-0.3, -0.25) is 0 Å². The third-order valence-corrected chi connectivity index (χ3v) is 6.06. The van der Waals surface area contributed by atoms with E-state index >= 15 is 0 Å². The highest BCUT2D eigenvalue weighted by Gasteiger charge is 2.26. The molecule has 0 nitrogen and oxygen atoms in total. The maximum Gasteiger partial charge on any atom is 0.107 e. The zero-order chi connectivity index (χ0) is 15.4. The predicted molar refractivity (Wildman–Crippen MR) is 92.2 cm³/mol. The first-order valence-electron chi connectivity index (χ1n) is 9.52. The fraction of sp³-hybridized carbons (Fsp3) is 0.714. The van der Waals surface area contributed by atoms with Gasteiger partial charge in [-0.25, -0.2) is 4.39 Å². The summed E-state index contributed by atoms with van der Waals surface area (Å²) in [7, 11) is 0. The fourth-order valence-electron chi connectivity index (χ4n) is 4.67. The van der Waals surface area contributed by atoms with Gasteiger partial charge in [0.15, 0.2) is 0 Å². The second-order valence-corrected chi connectivity index (χ2v) is 7.58. The van der Waals surface area contributed by atoms with E-state index in [4.69, 9.17) is 0 Å². The molecule has 0 aliphatic heterocycles. The predicted octanol–water partition coefficient (Wildman–Crippen LogP) is 6.76. The molecule has 0 bridgehead atoms. The topological polar surface area (TPSA) is 0 Å². The average molecular weight is 302 g/mol. The summed E-state index contributed by atoms with van der Waals surface area (Å²) in [5, 5.41) is 0. The quantitative estimate of drug-likeness (QED) is 0.576. The first kappa shape index (κ1) is 16.0. The van der Waals surface area contributed by atoms with Crippen LogP contribution >= 0.6 is 0 Å². The standard InChI is InChI=1S/C21H31F/c1-2-5-16-8-10-17(11-9-16)18-12-14-19(15-13-18)20-6-3-4-7-21(20)22/h12-17,20-21H,2-11H2,1H3/t16?,17?,20-,21-/m1/s1. The Morgan fingerprint density at radius 3 is 2.14 bits per heavy atom. The van der Waals surface area contributed by atoms with Gasteiger partial charge in [-0.2, -0.15) is 0 Å². The molecule has 0 spiro atoms. The smallest absolute Gasteiger partial charge is 0.107 e. The Labute approximate surface area is 135 Å². The van der Waals surface area contributed by atoms with Gasteiger partial charge >= 0.3 is 0 Å². The van der Waals surface area contributed by atoms with Crippen LogP contribution in [0.4, 0.5) is 4.39 Å². The molecule has 0 heterocycles. The summed E-state index contributed by atoms with van der Waals surface area (Å²) in [6, 6.07) is 9.02. The van der Waals surface area contributed by atoms with Crippen LogP contribution in [0.25, 0.3) is 0 Å². The van der Waals surface area contributed by atoms with Gasteiger partial charge in [-0.05, 0) is 61.5 Å². The van der Waals surface area contributed by atoms with Crippen molar-refractivity contribution in [2.75, 3.05) is 0 Å². The monoisotopic (exact) mass is 302 g/mol. The lowest BCUT2D eigenvalue weighted by molar-refractivity contribution is 0.216. The van der Waals surface area contributed by atoms with E-state index in [1.807, 2.05) is 0 Å². The third kappa shape index (κ3) is 3.73. The Bertz CT molecular complexity index is 441. The molecular weight excluding hydrogens is 271 g/mol. The Kier molecular flexibility index (Phi) is 5.55. The molecule has 1 aromatic rings. The van der Waals surface area contributed by atoms with Crippen LogP contribution in [0, 0.1) is 5.92 Å². The molecule has 1 aromatic carbocycles. The third-order valence-electron chi connectivity index (χ3n) is 6.06. The van der Waals surface area contributed by atoms with Crippen molar-refractivity contribution in [1.82, 2.24) is 0 Å². The first-order valence-corrected chi connectivity index (χ1v) is 9.52. The Morgan fingerprint density at radius 2 is 1.50 bits per heavy atom. The summed E-state index contributed by atoms with van der Waals surface area (Å²) < 4.78 is 14.1. The molecular formula is C21H31F. The molecule has 122 valence electrons. The summed E-state index contributed by atoms with van der Waals surface area (Å²) in [5.41, 5.74) is 2.72. The van der Waals surface area contributed by atoms with Gasteiger partial charge in [0.25, 0.3) is 0 Å². The van der Waals surface area contributed by atoms with Crippen molar-refractivity contribution in [3.8, 4) is 0 Å². The molecule has 0 radical (unpaired) electrons. The Hall–Kier alpha value is -0.850. The van der Waals surface area contributed by atoms with Crippen LogP contribution in [-0.2, 0) is 0 Å². The number of alkyl halides is 1. The van der Waals surface area contributed by atoms with Crippen LogP contribution in [0.5, 0.6) is 0 Å². The second-order valence-electron chi connectivity index (χ2n) is 7.58. The van der Waals surface area contributed by atoms with Crippen LogP contribution < -0.4 is 0 Å². The second kappa shape index (κ2) is 7.62. The molecule has 2 atom stereocenters. The lowest BCUT2D eigenvalue weighted by atomic mass is 9.76. The maximum absolute atomic E-state index is 14.1. The molecule has 0 N–H and O–H groups in total. The van der Waals surface area contributed by atoms with Gasteiger partial charge in [0.2, 0.25) is 0 Å².